The molecule has 3 rings (SSSR count). The number of nitrogens with one attached hydrogen (secondary N) is 1. The number of piperidine rings is 1. The maximum absolute atomic E-state index is 13.3. The number of hydrogen-bond acceptors (Lipinski definition) is 7. The van der Waals surface area contributed by atoms with Crippen molar-refractivity contribution in [2.75, 3.05) is 25.4 Å². The first-order valence-corrected chi connectivity index (χ1v) is 12.1. The SMILES string of the molecule is CC#CCOc1ccc(S(=O)(=O)CC2(C(=O)N(O)C(=O)c3ccccc3)CCNCC2)cc1. The molecule has 0 aliphatic carbocycles. The highest BCUT2D eigenvalue weighted by Crippen LogP contribution is 2.35. The van der Waals surface area contributed by atoms with Gasteiger partial charge in [-0.3, -0.25) is 14.8 Å². The molecule has 33 heavy (non-hydrogen) atoms. The first-order valence-electron chi connectivity index (χ1n) is 10.5. The van der Waals surface area contributed by atoms with E-state index >= 15 is 0 Å². The van der Waals surface area contributed by atoms with Crippen LogP contribution in [0.2, 0.25) is 0 Å². The van der Waals surface area contributed by atoms with Gasteiger partial charge in [0.1, 0.15) is 12.4 Å². The van der Waals surface area contributed by atoms with E-state index in [9.17, 15) is 23.2 Å². The summed E-state index contributed by atoms with van der Waals surface area (Å²) in [6.07, 6.45) is 0.335. The van der Waals surface area contributed by atoms with E-state index in [0.717, 1.165) is 0 Å². The van der Waals surface area contributed by atoms with E-state index in [1.54, 1.807) is 25.1 Å². The molecule has 0 aromatic heterocycles. The van der Waals surface area contributed by atoms with Gasteiger partial charge in [0, 0.05) is 5.56 Å². The molecule has 8 nitrogen and oxygen atoms in total. The third-order valence-electron chi connectivity index (χ3n) is 5.56. The molecule has 1 aliphatic rings. The number of rotatable bonds is 7. The Labute approximate surface area is 193 Å². The number of sulfone groups is 1. The van der Waals surface area contributed by atoms with E-state index in [-0.39, 0.29) is 35.0 Å². The molecule has 2 aromatic carbocycles. The Balaban J connectivity index is 1.83. The van der Waals surface area contributed by atoms with Crippen molar-refractivity contribution in [3.63, 3.8) is 0 Å². The third kappa shape index (κ3) is 5.79. The third-order valence-corrected chi connectivity index (χ3v) is 7.48. The lowest BCUT2D eigenvalue weighted by atomic mass is 9.79. The van der Waals surface area contributed by atoms with Crippen molar-refractivity contribution in [1.82, 2.24) is 10.4 Å². The molecule has 1 saturated heterocycles. The first kappa shape index (κ1) is 24.5. The Morgan fingerprint density at radius 2 is 1.73 bits per heavy atom. The quantitative estimate of drug-likeness (QED) is 0.276. The summed E-state index contributed by atoms with van der Waals surface area (Å²) in [7, 11) is -3.91. The normalized spacial score (nSPS) is 15.1. The fourth-order valence-electron chi connectivity index (χ4n) is 3.73. The van der Waals surface area contributed by atoms with Gasteiger partial charge in [-0.25, -0.2) is 8.42 Å². The first-order chi connectivity index (χ1) is 15.8. The van der Waals surface area contributed by atoms with Crippen LogP contribution in [0.3, 0.4) is 0 Å². The van der Waals surface area contributed by atoms with E-state index in [1.807, 2.05) is 0 Å². The van der Waals surface area contributed by atoms with Gasteiger partial charge in [-0.15, -0.1) is 5.92 Å². The van der Waals surface area contributed by atoms with Crippen LogP contribution in [0.4, 0.5) is 0 Å². The second-order valence-corrected chi connectivity index (χ2v) is 9.75. The predicted octanol–water partition coefficient (Wildman–Crippen LogP) is 2.29. The minimum absolute atomic E-state index is 0.0287. The van der Waals surface area contributed by atoms with Crippen LogP contribution in [0.1, 0.15) is 30.1 Å². The van der Waals surface area contributed by atoms with Crippen molar-refractivity contribution in [3.8, 4) is 17.6 Å². The number of nitrogens with zero attached hydrogens (tertiary/aromatic N) is 1. The van der Waals surface area contributed by atoms with Gasteiger partial charge in [0.25, 0.3) is 11.8 Å². The second-order valence-electron chi connectivity index (χ2n) is 7.76. The van der Waals surface area contributed by atoms with Crippen LogP contribution in [0.25, 0.3) is 0 Å². The Morgan fingerprint density at radius 1 is 1.09 bits per heavy atom. The van der Waals surface area contributed by atoms with Crippen molar-refractivity contribution in [1.29, 1.82) is 0 Å². The zero-order chi connectivity index (χ0) is 23.9. The van der Waals surface area contributed by atoms with E-state index in [2.05, 4.69) is 17.2 Å². The average molecular weight is 471 g/mol. The highest BCUT2D eigenvalue weighted by atomic mass is 32.2. The van der Waals surface area contributed by atoms with E-state index in [1.165, 1.54) is 36.4 Å². The van der Waals surface area contributed by atoms with Crippen LogP contribution in [0, 0.1) is 17.3 Å². The standard InChI is InChI=1S/C24H26N2O6S/c1-2-3-17-32-20-9-11-21(12-10-20)33(30,31)18-24(13-15-25-16-14-24)23(28)26(29)22(27)19-7-5-4-6-8-19/h4-12,25,29H,13-18H2,1H3. The lowest BCUT2D eigenvalue weighted by Crippen LogP contribution is -2.53. The van der Waals surface area contributed by atoms with Crippen molar-refractivity contribution >= 4 is 21.7 Å². The predicted molar refractivity (Wildman–Crippen MR) is 121 cm³/mol. The van der Waals surface area contributed by atoms with E-state index in [4.69, 9.17) is 4.74 Å². The highest BCUT2D eigenvalue weighted by molar-refractivity contribution is 7.91. The van der Waals surface area contributed by atoms with Crippen molar-refractivity contribution < 1.29 is 28.0 Å². The molecule has 0 spiro atoms. The molecular weight excluding hydrogens is 444 g/mol. The second kappa shape index (κ2) is 10.6. The van der Waals surface area contributed by atoms with Crippen molar-refractivity contribution in [2.45, 2.75) is 24.7 Å². The molecule has 0 bridgehead atoms. The largest absolute Gasteiger partial charge is 0.481 e. The van der Waals surface area contributed by atoms with Crippen LogP contribution >= 0.6 is 0 Å². The number of carbonyl (C=O) groups is 2. The van der Waals surface area contributed by atoms with Gasteiger partial charge in [-0.05, 0) is 69.3 Å². The lowest BCUT2D eigenvalue weighted by molar-refractivity contribution is -0.165. The maximum atomic E-state index is 13.3. The highest BCUT2D eigenvalue weighted by Gasteiger charge is 2.47. The molecule has 0 saturated carbocycles. The van der Waals surface area contributed by atoms with Gasteiger partial charge in [-0.1, -0.05) is 24.1 Å². The summed E-state index contributed by atoms with van der Waals surface area (Å²) >= 11 is 0. The van der Waals surface area contributed by atoms with Gasteiger partial charge >= 0.3 is 0 Å². The van der Waals surface area contributed by atoms with Gasteiger partial charge < -0.3 is 10.1 Å². The lowest BCUT2D eigenvalue weighted by Gasteiger charge is -2.37. The summed E-state index contributed by atoms with van der Waals surface area (Å²) in [4.78, 5) is 25.9. The molecule has 0 radical (unpaired) electrons. The molecule has 2 N–H and O–H groups in total. The maximum Gasteiger partial charge on any atom is 0.284 e. The average Bonchev–Trinajstić information content (AvgIpc) is 2.84. The zero-order valence-corrected chi connectivity index (χ0v) is 19.1. The van der Waals surface area contributed by atoms with Crippen LogP contribution in [0.5, 0.6) is 5.75 Å². The summed E-state index contributed by atoms with van der Waals surface area (Å²) in [6.45, 7) is 2.66. The number of carbonyl (C=O) groups excluding carboxylic acids is 2. The van der Waals surface area contributed by atoms with Crippen LogP contribution in [-0.4, -0.2) is 56.0 Å². The fourth-order valence-corrected chi connectivity index (χ4v) is 5.58. The Bertz CT molecular complexity index is 1140. The molecule has 1 heterocycles. The molecule has 9 heteroatoms. The topological polar surface area (TPSA) is 113 Å². The number of amides is 2. The number of hydrogen-bond donors (Lipinski definition) is 2. The van der Waals surface area contributed by atoms with E-state index < -0.39 is 32.8 Å². The van der Waals surface area contributed by atoms with Crippen LogP contribution in [-0.2, 0) is 14.6 Å². The van der Waals surface area contributed by atoms with Gasteiger partial charge in [0.15, 0.2) is 9.84 Å². The van der Waals surface area contributed by atoms with Crippen molar-refractivity contribution in [3.05, 3.63) is 60.2 Å². The fraction of sp³-hybridized carbons (Fsp3) is 0.333. The number of hydroxylamine groups is 2. The van der Waals surface area contributed by atoms with Gasteiger partial charge in [0.2, 0.25) is 0 Å². The molecule has 0 unspecified atom stereocenters. The molecule has 174 valence electrons. The number of benzene rings is 2. The smallest absolute Gasteiger partial charge is 0.284 e. The minimum Gasteiger partial charge on any atom is -0.481 e. The Hall–Kier alpha value is -3.19. The number of imide groups is 1. The zero-order valence-electron chi connectivity index (χ0n) is 18.3. The Kier molecular flexibility index (Phi) is 7.87. The van der Waals surface area contributed by atoms with Gasteiger partial charge in [0.05, 0.1) is 16.1 Å². The molecule has 2 amide bonds. The number of ether oxygens (including phenoxy) is 1. The monoisotopic (exact) mass is 470 g/mol. The summed E-state index contributed by atoms with van der Waals surface area (Å²) in [5, 5.41) is 13.6. The summed E-state index contributed by atoms with van der Waals surface area (Å²) in [5.41, 5.74) is -1.31. The van der Waals surface area contributed by atoms with Crippen LogP contribution < -0.4 is 10.1 Å². The minimum atomic E-state index is -3.91. The van der Waals surface area contributed by atoms with Crippen molar-refractivity contribution in [2.24, 2.45) is 5.41 Å². The summed E-state index contributed by atoms with van der Waals surface area (Å²) < 4.78 is 31.9. The Morgan fingerprint density at radius 3 is 2.33 bits per heavy atom. The summed E-state index contributed by atoms with van der Waals surface area (Å²) in [5.74, 6) is 3.59. The molecule has 2 aromatic rings. The van der Waals surface area contributed by atoms with E-state index in [0.29, 0.717) is 18.8 Å². The van der Waals surface area contributed by atoms with Gasteiger partial charge in [-0.2, -0.15) is 5.06 Å². The van der Waals surface area contributed by atoms with Crippen LogP contribution in [0.15, 0.2) is 59.5 Å². The molecule has 1 fully saturated rings. The molecular formula is C24H26N2O6S. The molecule has 0 atom stereocenters. The summed E-state index contributed by atoms with van der Waals surface area (Å²) in [6, 6.07) is 13.7. The molecule has 1 aliphatic heterocycles.